The Morgan fingerprint density at radius 1 is 1.58 bits per heavy atom. The predicted molar refractivity (Wildman–Crippen MR) is 68.6 cm³/mol. The van der Waals surface area contributed by atoms with E-state index < -0.39 is 5.97 Å². The summed E-state index contributed by atoms with van der Waals surface area (Å²) in [6.07, 6.45) is 1.63. The van der Waals surface area contributed by atoms with Crippen molar-refractivity contribution in [2.45, 2.75) is 17.5 Å². The van der Waals surface area contributed by atoms with Crippen LogP contribution >= 0.6 is 23.4 Å². The number of esters is 1. The van der Waals surface area contributed by atoms with Crippen molar-refractivity contribution in [1.82, 2.24) is 25.2 Å². The minimum atomic E-state index is -0.402. The van der Waals surface area contributed by atoms with E-state index in [1.165, 1.54) is 23.6 Å². The fourth-order valence-electron chi connectivity index (χ4n) is 1.27. The van der Waals surface area contributed by atoms with Gasteiger partial charge in [0.25, 0.3) is 0 Å². The molecule has 19 heavy (non-hydrogen) atoms. The summed E-state index contributed by atoms with van der Waals surface area (Å²) in [5.41, 5.74) is 0.998. The number of hydrogen-bond acceptors (Lipinski definition) is 7. The Bertz CT molecular complexity index is 577. The summed E-state index contributed by atoms with van der Waals surface area (Å²) in [5, 5.41) is 12.1. The molecule has 0 saturated heterocycles. The number of tetrazole rings is 1. The van der Waals surface area contributed by atoms with Gasteiger partial charge in [0.2, 0.25) is 5.16 Å². The van der Waals surface area contributed by atoms with E-state index in [0.717, 1.165) is 5.56 Å². The lowest BCUT2D eigenvalue weighted by Crippen LogP contribution is -2.13. The molecule has 0 radical (unpaired) electrons. The van der Waals surface area contributed by atoms with Crippen LogP contribution in [0.4, 0.5) is 0 Å². The monoisotopic (exact) mass is 299 g/mol. The summed E-state index contributed by atoms with van der Waals surface area (Å²) < 4.78 is 5.95. The van der Waals surface area contributed by atoms with E-state index >= 15 is 0 Å². The average molecular weight is 300 g/mol. The van der Waals surface area contributed by atoms with Gasteiger partial charge >= 0.3 is 5.97 Å². The number of nitrogens with zero attached hydrogens (tertiary/aromatic N) is 5. The topological polar surface area (TPSA) is 82.8 Å². The smallest absolute Gasteiger partial charge is 0.327 e. The molecule has 0 saturated carbocycles. The first-order valence-corrected chi connectivity index (χ1v) is 6.61. The number of ether oxygens (including phenoxy) is 1. The first kappa shape index (κ1) is 13.8. The van der Waals surface area contributed by atoms with Crippen LogP contribution in [0.25, 0.3) is 0 Å². The Hall–Kier alpha value is -1.67. The van der Waals surface area contributed by atoms with Crippen LogP contribution in [0.3, 0.4) is 0 Å². The fraction of sp³-hybridized carbons (Fsp3) is 0.300. The van der Waals surface area contributed by atoms with Crippen molar-refractivity contribution >= 4 is 29.3 Å². The summed E-state index contributed by atoms with van der Waals surface area (Å²) in [4.78, 5) is 15.1. The summed E-state index contributed by atoms with van der Waals surface area (Å²) in [5.74, 6) is 0.227. The van der Waals surface area contributed by atoms with Crippen molar-refractivity contribution in [2.24, 2.45) is 0 Å². The van der Waals surface area contributed by atoms with Crippen LogP contribution < -0.4 is 0 Å². The Morgan fingerprint density at radius 2 is 2.42 bits per heavy atom. The molecule has 0 unspecified atom stereocenters. The second-order valence-electron chi connectivity index (χ2n) is 3.47. The fourth-order valence-corrected chi connectivity index (χ4v) is 2.28. The highest BCUT2D eigenvalue weighted by Crippen LogP contribution is 2.20. The lowest BCUT2D eigenvalue weighted by Gasteiger charge is -2.03. The van der Waals surface area contributed by atoms with Crippen LogP contribution in [0.5, 0.6) is 0 Å². The number of methoxy groups -OCH3 is 1. The second kappa shape index (κ2) is 6.48. The highest BCUT2D eigenvalue weighted by Gasteiger charge is 2.11. The second-order valence-corrected chi connectivity index (χ2v) is 4.80. The van der Waals surface area contributed by atoms with Gasteiger partial charge in [-0.2, -0.15) is 0 Å². The molecule has 0 aliphatic heterocycles. The zero-order valence-corrected chi connectivity index (χ0v) is 11.6. The lowest BCUT2D eigenvalue weighted by atomic mass is 10.3. The maximum Gasteiger partial charge on any atom is 0.327 e. The van der Waals surface area contributed by atoms with Crippen LogP contribution in [0.2, 0.25) is 5.15 Å². The summed E-state index contributed by atoms with van der Waals surface area (Å²) in [7, 11) is 1.32. The van der Waals surface area contributed by atoms with Crippen molar-refractivity contribution in [3.05, 3.63) is 29.0 Å². The maximum atomic E-state index is 11.2. The summed E-state index contributed by atoms with van der Waals surface area (Å²) >= 11 is 7.20. The number of aromatic nitrogens is 5. The normalized spacial score (nSPS) is 10.4. The van der Waals surface area contributed by atoms with Crippen LogP contribution in [0, 0.1) is 0 Å². The van der Waals surface area contributed by atoms with E-state index in [-0.39, 0.29) is 6.54 Å². The molecule has 0 fully saturated rings. The van der Waals surface area contributed by atoms with Gasteiger partial charge in [0.15, 0.2) is 0 Å². The van der Waals surface area contributed by atoms with Crippen LogP contribution in [-0.2, 0) is 21.8 Å². The molecule has 0 amide bonds. The molecule has 0 atom stereocenters. The Balaban J connectivity index is 2.00. The minimum absolute atomic E-state index is 0.0110. The molecule has 2 aromatic heterocycles. The maximum absolute atomic E-state index is 11.2. The zero-order chi connectivity index (χ0) is 13.7. The predicted octanol–water partition coefficient (Wildman–Crippen LogP) is 1.19. The SMILES string of the molecule is COC(=O)Cn1nnnc1SCc1ccnc(Cl)c1. The van der Waals surface area contributed by atoms with E-state index in [0.29, 0.717) is 16.1 Å². The van der Waals surface area contributed by atoms with E-state index in [9.17, 15) is 4.79 Å². The van der Waals surface area contributed by atoms with Crippen molar-refractivity contribution in [3.8, 4) is 0 Å². The van der Waals surface area contributed by atoms with Gasteiger partial charge in [-0.15, -0.1) is 5.10 Å². The van der Waals surface area contributed by atoms with Gasteiger partial charge in [-0.25, -0.2) is 9.67 Å². The first-order valence-electron chi connectivity index (χ1n) is 5.25. The van der Waals surface area contributed by atoms with Gasteiger partial charge in [-0.3, -0.25) is 4.79 Å². The molecule has 2 aromatic rings. The van der Waals surface area contributed by atoms with Crippen LogP contribution in [0.1, 0.15) is 5.56 Å². The van der Waals surface area contributed by atoms with Crippen molar-refractivity contribution in [3.63, 3.8) is 0 Å². The zero-order valence-electron chi connectivity index (χ0n) is 9.99. The molecule has 2 rings (SSSR count). The molecular formula is C10H10ClN5O2S. The van der Waals surface area contributed by atoms with E-state index in [1.807, 2.05) is 6.07 Å². The number of hydrogen-bond donors (Lipinski definition) is 0. The highest BCUT2D eigenvalue weighted by molar-refractivity contribution is 7.98. The average Bonchev–Trinajstić information content (AvgIpc) is 2.83. The lowest BCUT2D eigenvalue weighted by molar-refractivity contribution is -0.141. The van der Waals surface area contributed by atoms with E-state index in [4.69, 9.17) is 11.6 Å². The van der Waals surface area contributed by atoms with Gasteiger partial charge in [-0.1, -0.05) is 23.4 Å². The third kappa shape index (κ3) is 3.90. The minimum Gasteiger partial charge on any atom is -0.468 e. The molecule has 0 N–H and O–H groups in total. The summed E-state index contributed by atoms with van der Waals surface area (Å²) in [6, 6.07) is 3.62. The molecule has 2 heterocycles. The Labute approximate surface area is 118 Å². The van der Waals surface area contributed by atoms with Gasteiger partial charge in [0.1, 0.15) is 11.7 Å². The standard InChI is InChI=1S/C10H10ClN5O2S/c1-18-9(17)5-16-10(13-14-15-16)19-6-7-2-3-12-8(11)4-7/h2-4H,5-6H2,1H3. The molecule has 0 aromatic carbocycles. The van der Waals surface area contributed by atoms with Gasteiger partial charge in [0, 0.05) is 11.9 Å². The van der Waals surface area contributed by atoms with Crippen molar-refractivity contribution < 1.29 is 9.53 Å². The molecule has 0 spiro atoms. The molecule has 0 aliphatic rings. The number of pyridine rings is 1. The number of rotatable bonds is 5. The third-order valence-corrected chi connectivity index (χ3v) is 3.40. The Morgan fingerprint density at radius 3 is 3.16 bits per heavy atom. The van der Waals surface area contributed by atoms with Crippen molar-refractivity contribution in [1.29, 1.82) is 0 Å². The number of carbonyl (C=O) groups excluding carboxylic acids is 1. The summed E-state index contributed by atoms with van der Waals surface area (Å²) in [6.45, 7) is -0.0110. The first-order chi connectivity index (χ1) is 9.19. The number of carbonyl (C=O) groups is 1. The highest BCUT2D eigenvalue weighted by atomic mass is 35.5. The van der Waals surface area contributed by atoms with E-state index in [2.05, 4.69) is 25.2 Å². The van der Waals surface area contributed by atoms with Crippen molar-refractivity contribution in [2.75, 3.05) is 7.11 Å². The van der Waals surface area contributed by atoms with Gasteiger partial charge < -0.3 is 4.74 Å². The quantitative estimate of drug-likeness (QED) is 0.466. The molecule has 9 heteroatoms. The van der Waals surface area contributed by atoms with Gasteiger partial charge in [0.05, 0.1) is 7.11 Å². The molecule has 7 nitrogen and oxygen atoms in total. The van der Waals surface area contributed by atoms with Crippen LogP contribution in [0.15, 0.2) is 23.5 Å². The third-order valence-electron chi connectivity index (χ3n) is 2.16. The molecule has 0 aliphatic carbocycles. The Kier molecular flexibility index (Phi) is 4.69. The largest absolute Gasteiger partial charge is 0.468 e. The molecular weight excluding hydrogens is 290 g/mol. The molecule has 100 valence electrons. The molecule has 0 bridgehead atoms. The number of halogens is 1. The van der Waals surface area contributed by atoms with E-state index in [1.54, 1.807) is 12.3 Å². The van der Waals surface area contributed by atoms with Gasteiger partial charge in [-0.05, 0) is 28.1 Å². The number of thioether (sulfide) groups is 1. The van der Waals surface area contributed by atoms with Crippen LogP contribution in [-0.4, -0.2) is 38.3 Å².